The molecule has 142 valence electrons. The molecule has 0 aromatic heterocycles. The Balaban J connectivity index is 1.92. The van der Waals surface area contributed by atoms with Crippen molar-refractivity contribution in [3.05, 3.63) is 58.1 Å². The lowest BCUT2D eigenvalue weighted by Gasteiger charge is -2.11. The van der Waals surface area contributed by atoms with Crippen molar-refractivity contribution in [1.82, 2.24) is 4.90 Å². The third kappa shape index (κ3) is 5.55. The molecule has 1 N–H and O–H groups in total. The standard InChI is InChI=1S/C19H19BrN2O5/c1-22(2)18(24)12-4-6-13(7-5-12)21-17(23)11-27-19(25)15-10-14(26-3)8-9-16(15)20/h4-10H,11H2,1-3H3,(H,21,23). The van der Waals surface area contributed by atoms with Gasteiger partial charge in [0.05, 0.1) is 12.7 Å². The van der Waals surface area contributed by atoms with Gasteiger partial charge in [-0.3, -0.25) is 9.59 Å². The zero-order valence-corrected chi connectivity index (χ0v) is 16.7. The number of esters is 1. The summed E-state index contributed by atoms with van der Waals surface area (Å²) in [6.45, 7) is -0.444. The third-order valence-electron chi connectivity index (χ3n) is 3.55. The van der Waals surface area contributed by atoms with Crippen molar-refractivity contribution in [1.29, 1.82) is 0 Å². The van der Waals surface area contributed by atoms with Crippen LogP contribution < -0.4 is 10.1 Å². The van der Waals surface area contributed by atoms with Crippen LogP contribution in [0.15, 0.2) is 46.9 Å². The molecule has 0 fully saturated rings. The molecule has 2 aromatic carbocycles. The highest BCUT2D eigenvalue weighted by molar-refractivity contribution is 9.10. The quantitative estimate of drug-likeness (QED) is 0.706. The van der Waals surface area contributed by atoms with E-state index >= 15 is 0 Å². The van der Waals surface area contributed by atoms with Crippen LogP contribution in [0.5, 0.6) is 5.75 Å². The molecule has 0 aliphatic heterocycles. The van der Waals surface area contributed by atoms with Crippen molar-refractivity contribution in [2.45, 2.75) is 0 Å². The molecule has 2 aromatic rings. The molecule has 0 spiro atoms. The van der Waals surface area contributed by atoms with E-state index in [1.54, 1.807) is 50.5 Å². The van der Waals surface area contributed by atoms with Crippen molar-refractivity contribution in [3.8, 4) is 5.75 Å². The first-order valence-electron chi connectivity index (χ1n) is 7.94. The minimum absolute atomic E-state index is 0.134. The fourth-order valence-corrected chi connectivity index (χ4v) is 2.56. The highest BCUT2D eigenvalue weighted by Crippen LogP contribution is 2.23. The summed E-state index contributed by atoms with van der Waals surface area (Å²) in [4.78, 5) is 37.4. The number of anilines is 1. The van der Waals surface area contributed by atoms with E-state index in [0.717, 1.165) is 0 Å². The van der Waals surface area contributed by atoms with Gasteiger partial charge in [-0.25, -0.2) is 4.79 Å². The first kappa shape index (κ1) is 20.4. The second-order valence-electron chi connectivity index (χ2n) is 5.75. The molecular formula is C19H19BrN2O5. The Morgan fingerprint density at radius 2 is 1.74 bits per heavy atom. The van der Waals surface area contributed by atoms with E-state index in [0.29, 0.717) is 21.5 Å². The Labute approximate surface area is 165 Å². The third-order valence-corrected chi connectivity index (χ3v) is 4.24. The Kier molecular flexibility index (Phi) is 6.95. The van der Waals surface area contributed by atoms with Crippen LogP contribution in [-0.4, -0.2) is 50.5 Å². The molecule has 8 heteroatoms. The van der Waals surface area contributed by atoms with E-state index in [-0.39, 0.29) is 11.5 Å². The van der Waals surface area contributed by atoms with E-state index in [2.05, 4.69) is 21.2 Å². The molecule has 0 radical (unpaired) electrons. The van der Waals surface area contributed by atoms with Crippen molar-refractivity contribution in [2.75, 3.05) is 33.1 Å². The van der Waals surface area contributed by atoms with Crippen LogP contribution in [0.25, 0.3) is 0 Å². The monoisotopic (exact) mass is 434 g/mol. The molecule has 0 unspecified atom stereocenters. The van der Waals surface area contributed by atoms with E-state index in [9.17, 15) is 14.4 Å². The average molecular weight is 435 g/mol. The van der Waals surface area contributed by atoms with Gasteiger partial charge in [0.25, 0.3) is 11.8 Å². The van der Waals surface area contributed by atoms with E-state index in [1.165, 1.54) is 18.1 Å². The van der Waals surface area contributed by atoms with Crippen LogP contribution in [0.3, 0.4) is 0 Å². The summed E-state index contributed by atoms with van der Waals surface area (Å²) in [6.07, 6.45) is 0. The van der Waals surface area contributed by atoms with Gasteiger partial charge < -0.3 is 19.7 Å². The zero-order valence-electron chi connectivity index (χ0n) is 15.1. The lowest BCUT2D eigenvalue weighted by molar-refractivity contribution is -0.119. The summed E-state index contributed by atoms with van der Waals surface area (Å²) in [5, 5.41) is 2.60. The maximum absolute atomic E-state index is 12.1. The molecule has 0 saturated carbocycles. The second kappa shape index (κ2) is 9.18. The Morgan fingerprint density at radius 1 is 1.07 bits per heavy atom. The van der Waals surface area contributed by atoms with Gasteiger partial charge in [0.1, 0.15) is 5.75 Å². The predicted octanol–water partition coefficient (Wildman–Crippen LogP) is 2.96. The summed E-state index contributed by atoms with van der Waals surface area (Å²) in [5.74, 6) is -0.774. The summed E-state index contributed by atoms with van der Waals surface area (Å²) >= 11 is 3.26. The average Bonchev–Trinajstić information content (AvgIpc) is 2.66. The van der Waals surface area contributed by atoms with Crippen molar-refractivity contribution in [3.63, 3.8) is 0 Å². The van der Waals surface area contributed by atoms with Gasteiger partial charge in [-0.15, -0.1) is 0 Å². The van der Waals surface area contributed by atoms with Gasteiger partial charge in [0, 0.05) is 29.8 Å². The minimum Gasteiger partial charge on any atom is -0.497 e. The molecule has 7 nitrogen and oxygen atoms in total. The van der Waals surface area contributed by atoms with Gasteiger partial charge in [0.2, 0.25) is 0 Å². The van der Waals surface area contributed by atoms with Gasteiger partial charge in [-0.1, -0.05) is 0 Å². The van der Waals surface area contributed by atoms with E-state index in [4.69, 9.17) is 9.47 Å². The summed E-state index contributed by atoms with van der Waals surface area (Å²) in [6, 6.07) is 11.3. The SMILES string of the molecule is COc1ccc(Br)c(C(=O)OCC(=O)Nc2ccc(C(=O)N(C)C)cc2)c1. The topological polar surface area (TPSA) is 84.9 Å². The van der Waals surface area contributed by atoms with Crippen molar-refractivity contribution < 1.29 is 23.9 Å². The molecule has 0 heterocycles. The molecular weight excluding hydrogens is 416 g/mol. The maximum Gasteiger partial charge on any atom is 0.339 e. The number of carbonyl (C=O) groups is 3. The minimum atomic E-state index is -0.650. The number of ether oxygens (including phenoxy) is 2. The lowest BCUT2D eigenvalue weighted by atomic mass is 10.2. The van der Waals surface area contributed by atoms with Crippen LogP contribution in [0.2, 0.25) is 0 Å². The molecule has 0 atom stereocenters. The number of rotatable bonds is 6. The number of carbonyl (C=O) groups excluding carboxylic acids is 3. The van der Waals surface area contributed by atoms with Gasteiger partial charge >= 0.3 is 5.97 Å². The summed E-state index contributed by atoms with van der Waals surface area (Å²) in [7, 11) is 4.81. The highest BCUT2D eigenvalue weighted by atomic mass is 79.9. The van der Waals surface area contributed by atoms with Gasteiger partial charge in [-0.2, -0.15) is 0 Å². The number of amides is 2. The highest BCUT2D eigenvalue weighted by Gasteiger charge is 2.15. The van der Waals surface area contributed by atoms with E-state index < -0.39 is 18.5 Å². The smallest absolute Gasteiger partial charge is 0.339 e. The van der Waals surface area contributed by atoms with Crippen LogP contribution in [0.4, 0.5) is 5.69 Å². The second-order valence-corrected chi connectivity index (χ2v) is 6.60. The normalized spacial score (nSPS) is 10.1. The largest absolute Gasteiger partial charge is 0.497 e. The first-order chi connectivity index (χ1) is 12.8. The molecule has 0 saturated heterocycles. The fourth-order valence-electron chi connectivity index (χ4n) is 2.15. The fraction of sp³-hybridized carbons (Fsp3) is 0.211. The van der Waals surface area contributed by atoms with Crippen LogP contribution in [0.1, 0.15) is 20.7 Å². The first-order valence-corrected chi connectivity index (χ1v) is 8.73. The lowest BCUT2D eigenvalue weighted by Crippen LogP contribution is -2.22. The van der Waals surface area contributed by atoms with Crippen molar-refractivity contribution >= 4 is 39.4 Å². The molecule has 2 amide bonds. The zero-order chi connectivity index (χ0) is 20.0. The maximum atomic E-state index is 12.1. The summed E-state index contributed by atoms with van der Waals surface area (Å²) in [5.41, 5.74) is 1.26. The number of benzene rings is 2. The number of methoxy groups -OCH3 is 1. The van der Waals surface area contributed by atoms with Gasteiger partial charge in [0.15, 0.2) is 6.61 Å². The number of hydrogen-bond donors (Lipinski definition) is 1. The van der Waals surface area contributed by atoms with E-state index in [1.807, 2.05) is 0 Å². The Morgan fingerprint density at radius 3 is 2.33 bits per heavy atom. The number of nitrogens with one attached hydrogen (secondary N) is 1. The van der Waals surface area contributed by atoms with Crippen molar-refractivity contribution in [2.24, 2.45) is 0 Å². The van der Waals surface area contributed by atoms with Crippen LogP contribution >= 0.6 is 15.9 Å². The number of nitrogens with zero attached hydrogens (tertiary/aromatic N) is 1. The van der Waals surface area contributed by atoms with Crippen LogP contribution in [0, 0.1) is 0 Å². The Hall–Kier alpha value is -2.87. The Bertz CT molecular complexity index is 850. The molecule has 27 heavy (non-hydrogen) atoms. The number of hydrogen-bond acceptors (Lipinski definition) is 5. The molecule has 2 rings (SSSR count). The number of halogens is 1. The molecule has 0 aliphatic rings. The van der Waals surface area contributed by atoms with Gasteiger partial charge in [-0.05, 0) is 58.4 Å². The predicted molar refractivity (Wildman–Crippen MR) is 104 cm³/mol. The molecule has 0 bridgehead atoms. The molecule has 0 aliphatic carbocycles. The summed E-state index contributed by atoms with van der Waals surface area (Å²) < 4.78 is 10.6. The van der Waals surface area contributed by atoms with Crippen LogP contribution in [-0.2, 0) is 9.53 Å².